The highest BCUT2D eigenvalue weighted by molar-refractivity contribution is 7.19. The van der Waals surface area contributed by atoms with E-state index in [0.29, 0.717) is 23.4 Å². The van der Waals surface area contributed by atoms with Gasteiger partial charge in [-0.25, -0.2) is 9.37 Å². The fourth-order valence-electron chi connectivity index (χ4n) is 4.19. The van der Waals surface area contributed by atoms with E-state index in [2.05, 4.69) is 21.7 Å². The molecule has 0 bridgehead atoms. The van der Waals surface area contributed by atoms with Crippen LogP contribution in [0.3, 0.4) is 0 Å². The number of anilines is 1. The van der Waals surface area contributed by atoms with Crippen LogP contribution in [0.15, 0.2) is 54.7 Å². The summed E-state index contributed by atoms with van der Waals surface area (Å²) in [5.41, 5.74) is 2.68. The second kappa shape index (κ2) is 12.0. The zero-order chi connectivity index (χ0) is 24.6. The van der Waals surface area contributed by atoms with E-state index in [1.165, 1.54) is 42.7 Å². The Bertz CT molecular complexity index is 1160. The maximum Gasteiger partial charge on any atom is 0.248 e. The molecule has 2 N–H and O–H groups in total. The van der Waals surface area contributed by atoms with Crippen LogP contribution < -0.4 is 10.6 Å². The molecule has 2 aromatic carbocycles. The van der Waals surface area contributed by atoms with Gasteiger partial charge in [-0.05, 0) is 48.6 Å². The molecule has 1 aliphatic rings. The number of rotatable bonds is 9. The number of carbonyl (C=O) groups is 2. The first-order chi connectivity index (χ1) is 17.0. The van der Waals surface area contributed by atoms with E-state index in [-0.39, 0.29) is 18.2 Å². The van der Waals surface area contributed by atoms with Crippen LogP contribution in [0.1, 0.15) is 50.2 Å². The van der Waals surface area contributed by atoms with Gasteiger partial charge in [0.05, 0.1) is 24.0 Å². The fraction of sp³-hybridized carbons (Fsp3) is 0.370. The van der Waals surface area contributed by atoms with E-state index >= 15 is 0 Å². The summed E-state index contributed by atoms with van der Waals surface area (Å²) in [5.74, 6) is -1.12. The molecule has 0 spiro atoms. The molecule has 6 nitrogen and oxygen atoms in total. The van der Waals surface area contributed by atoms with Gasteiger partial charge in [0.2, 0.25) is 11.8 Å². The van der Waals surface area contributed by atoms with E-state index in [0.717, 1.165) is 28.8 Å². The summed E-state index contributed by atoms with van der Waals surface area (Å²) in [6.45, 7) is 2.15. The number of carbonyl (C=O) groups excluding carboxylic acids is 2. The second-order valence-electron chi connectivity index (χ2n) is 8.84. The van der Waals surface area contributed by atoms with Crippen LogP contribution in [0.2, 0.25) is 0 Å². The fourth-order valence-corrected chi connectivity index (χ4v) is 5.07. The molecular formula is C27H30FN3O3S. The number of benzene rings is 2. The number of aromatic nitrogens is 1. The van der Waals surface area contributed by atoms with Gasteiger partial charge in [-0.1, -0.05) is 67.0 Å². The van der Waals surface area contributed by atoms with Crippen molar-refractivity contribution < 1.29 is 18.7 Å². The molecule has 2 amide bonds. The van der Waals surface area contributed by atoms with Gasteiger partial charge in [0.1, 0.15) is 11.9 Å². The van der Waals surface area contributed by atoms with Gasteiger partial charge < -0.3 is 15.4 Å². The number of halogens is 1. The number of hydrogen-bond acceptors (Lipinski definition) is 5. The summed E-state index contributed by atoms with van der Waals surface area (Å²) in [6, 6.07) is 13.2. The molecule has 1 heterocycles. The average Bonchev–Trinajstić information content (AvgIpc) is 3.31. The Balaban J connectivity index is 1.33. The minimum Gasteiger partial charge on any atom is -0.374 e. The second-order valence-corrected chi connectivity index (χ2v) is 9.87. The van der Waals surface area contributed by atoms with E-state index in [1.54, 1.807) is 25.3 Å². The Labute approximate surface area is 208 Å². The molecule has 1 aromatic heterocycles. The predicted octanol–water partition coefficient (Wildman–Crippen LogP) is 5.48. The minimum atomic E-state index is -0.764. The Morgan fingerprint density at radius 2 is 1.94 bits per heavy atom. The lowest BCUT2D eigenvalue weighted by Gasteiger charge is -2.22. The van der Waals surface area contributed by atoms with Gasteiger partial charge in [-0.15, -0.1) is 0 Å². The van der Waals surface area contributed by atoms with Gasteiger partial charge in [-0.3, -0.25) is 9.59 Å². The lowest BCUT2D eigenvalue weighted by atomic mass is 9.97. The monoisotopic (exact) mass is 495 g/mol. The smallest absolute Gasteiger partial charge is 0.248 e. The Hall–Kier alpha value is -3.10. The minimum absolute atomic E-state index is 0.00348. The van der Waals surface area contributed by atoms with Crippen molar-refractivity contribution in [2.24, 2.45) is 0 Å². The van der Waals surface area contributed by atoms with Crippen molar-refractivity contribution in [1.29, 1.82) is 0 Å². The predicted molar refractivity (Wildman–Crippen MR) is 136 cm³/mol. The normalized spacial score (nSPS) is 14.9. The van der Waals surface area contributed by atoms with Crippen molar-refractivity contribution in [1.82, 2.24) is 10.3 Å². The van der Waals surface area contributed by atoms with Crippen molar-refractivity contribution in [3.63, 3.8) is 0 Å². The zero-order valence-corrected chi connectivity index (χ0v) is 20.6. The third-order valence-corrected chi connectivity index (χ3v) is 7.02. The summed E-state index contributed by atoms with van der Waals surface area (Å²) in [7, 11) is 0. The van der Waals surface area contributed by atoms with Crippen molar-refractivity contribution >= 4 is 28.3 Å². The molecule has 184 valence electrons. The molecular weight excluding hydrogens is 465 g/mol. The SMILES string of the molecule is C[C@H](NC(=O)Cc1cccc(F)c1)C(=O)Nc1ncc(-c2ccccc2COC2CCCCC2)s1. The number of nitrogens with one attached hydrogen (secondary N) is 2. The molecule has 3 aromatic rings. The molecule has 8 heteroatoms. The molecule has 0 radical (unpaired) electrons. The number of ether oxygens (including phenoxy) is 1. The van der Waals surface area contributed by atoms with Crippen LogP contribution in [0, 0.1) is 5.82 Å². The van der Waals surface area contributed by atoms with Gasteiger partial charge in [0.25, 0.3) is 0 Å². The third kappa shape index (κ3) is 7.19. The molecule has 1 saturated carbocycles. The van der Waals surface area contributed by atoms with E-state index in [9.17, 15) is 14.0 Å². The highest BCUT2D eigenvalue weighted by atomic mass is 32.1. The van der Waals surface area contributed by atoms with Crippen LogP contribution in [-0.4, -0.2) is 28.9 Å². The Morgan fingerprint density at radius 1 is 1.14 bits per heavy atom. The molecule has 0 aliphatic heterocycles. The quantitative estimate of drug-likeness (QED) is 0.412. The number of nitrogens with zero attached hydrogens (tertiary/aromatic N) is 1. The summed E-state index contributed by atoms with van der Waals surface area (Å²) >= 11 is 1.38. The number of amides is 2. The zero-order valence-electron chi connectivity index (χ0n) is 19.8. The number of hydrogen-bond donors (Lipinski definition) is 2. The summed E-state index contributed by atoms with van der Waals surface area (Å²) in [6.07, 6.45) is 8.06. The van der Waals surface area contributed by atoms with E-state index < -0.39 is 11.9 Å². The van der Waals surface area contributed by atoms with E-state index in [1.807, 2.05) is 18.2 Å². The molecule has 0 unspecified atom stereocenters. The topological polar surface area (TPSA) is 80.3 Å². The van der Waals surface area contributed by atoms with Gasteiger partial charge >= 0.3 is 0 Å². The molecule has 35 heavy (non-hydrogen) atoms. The Morgan fingerprint density at radius 3 is 2.74 bits per heavy atom. The number of thiazole rings is 1. The first-order valence-corrected chi connectivity index (χ1v) is 12.8. The van der Waals surface area contributed by atoms with Crippen LogP contribution >= 0.6 is 11.3 Å². The van der Waals surface area contributed by atoms with E-state index in [4.69, 9.17) is 4.74 Å². The Kier molecular flexibility index (Phi) is 8.60. The largest absolute Gasteiger partial charge is 0.374 e. The summed E-state index contributed by atoms with van der Waals surface area (Å²) < 4.78 is 19.5. The molecule has 4 rings (SSSR count). The molecule has 1 atom stereocenters. The first-order valence-electron chi connectivity index (χ1n) is 12.0. The summed E-state index contributed by atoms with van der Waals surface area (Å²) in [4.78, 5) is 30.2. The highest BCUT2D eigenvalue weighted by Gasteiger charge is 2.19. The third-order valence-electron chi connectivity index (χ3n) is 6.07. The first kappa shape index (κ1) is 25.0. The molecule has 1 fully saturated rings. The highest BCUT2D eigenvalue weighted by Crippen LogP contribution is 2.32. The van der Waals surface area contributed by atoms with Crippen molar-refractivity contribution in [3.05, 3.63) is 71.7 Å². The van der Waals surface area contributed by atoms with Gasteiger partial charge in [0, 0.05) is 6.20 Å². The molecule has 0 saturated heterocycles. The van der Waals surface area contributed by atoms with Crippen molar-refractivity contribution in [3.8, 4) is 10.4 Å². The average molecular weight is 496 g/mol. The standard InChI is InChI=1S/C27H30FN3O3S/c1-18(30-25(32)15-19-8-7-10-21(28)14-19)26(33)31-27-29-16-24(35-27)23-13-6-5-9-20(23)17-34-22-11-3-2-4-12-22/h5-10,13-14,16,18,22H,2-4,11-12,15,17H2,1H3,(H,30,32)(H,29,31,33)/t18-/m0/s1. The maximum atomic E-state index is 13.3. The van der Waals surface area contributed by atoms with Gasteiger partial charge in [0.15, 0.2) is 5.13 Å². The van der Waals surface area contributed by atoms with Crippen LogP contribution in [-0.2, 0) is 27.4 Å². The molecule has 1 aliphatic carbocycles. The maximum absolute atomic E-state index is 13.3. The lowest BCUT2D eigenvalue weighted by Crippen LogP contribution is -2.42. The van der Waals surface area contributed by atoms with Crippen LogP contribution in [0.5, 0.6) is 0 Å². The van der Waals surface area contributed by atoms with Gasteiger partial charge in [-0.2, -0.15) is 0 Å². The van der Waals surface area contributed by atoms with Crippen molar-refractivity contribution in [2.75, 3.05) is 5.32 Å². The summed E-state index contributed by atoms with van der Waals surface area (Å²) in [5, 5.41) is 5.88. The lowest BCUT2D eigenvalue weighted by molar-refractivity contribution is -0.125. The van der Waals surface area contributed by atoms with Crippen LogP contribution in [0.25, 0.3) is 10.4 Å². The van der Waals surface area contributed by atoms with Crippen molar-refractivity contribution in [2.45, 2.75) is 64.2 Å². The van der Waals surface area contributed by atoms with Crippen LogP contribution in [0.4, 0.5) is 9.52 Å².